The van der Waals surface area contributed by atoms with Crippen molar-refractivity contribution in [2.45, 2.75) is 26.3 Å². The van der Waals surface area contributed by atoms with Crippen LogP contribution in [0.5, 0.6) is 0 Å². The van der Waals surface area contributed by atoms with E-state index in [-0.39, 0.29) is 0 Å². The van der Waals surface area contributed by atoms with Crippen LogP contribution in [0, 0.1) is 0 Å². The van der Waals surface area contributed by atoms with Gasteiger partial charge in [0, 0.05) is 19.2 Å². The predicted molar refractivity (Wildman–Crippen MR) is 64.5 cm³/mol. The highest BCUT2D eigenvalue weighted by Gasteiger charge is 2.20. The van der Waals surface area contributed by atoms with Gasteiger partial charge in [0.25, 0.3) is 0 Å². The fourth-order valence-electron chi connectivity index (χ4n) is 2.22. The van der Waals surface area contributed by atoms with Crippen molar-refractivity contribution in [3.8, 4) is 0 Å². The smallest absolute Gasteiger partial charge is 0.0871 e. The third-order valence-corrected chi connectivity index (χ3v) is 2.92. The van der Waals surface area contributed by atoms with Crippen LogP contribution in [0.1, 0.15) is 30.0 Å². The Bertz CT molecular complexity index is 425. The highest BCUT2D eigenvalue weighted by molar-refractivity contribution is 5.70. The molecule has 0 fully saturated rings. The summed E-state index contributed by atoms with van der Waals surface area (Å²) in [6, 6.07) is 6.75. The van der Waals surface area contributed by atoms with Crippen molar-refractivity contribution in [1.82, 2.24) is 4.90 Å². The van der Waals surface area contributed by atoms with Crippen molar-refractivity contribution in [2.24, 2.45) is 0 Å². The van der Waals surface area contributed by atoms with Gasteiger partial charge in [0.15, 0.2) is 0 Å². The number of hydrogen-bond donors (Lipinski definition) is 0. The first-order valence-electron chi connectivity index (χ1n) is 5.49. The third-order valence-electron chi connectivity index (χ3n) is 2.92. The van der Waals surface area contributed by atoms with Gasteiger partial charge in [-0.15, -0.1) is 5.73 Å². The fraction of sp³-hybridized carbons (Fsp3) is 0.357. The van der Waals surface area contributed by atoms with Gasteiger partial charge in [-0.3, -0.25) is 0 Å². The largest absolute Gasteiger partial charge is 0.363 e. The molecule has 0 saturated heterocycles. The Balaban J connectivity index is 2.42. The fourth-order valence-corrected chi connectivity index (χ4v) is 2.22. The Morgan fingerprint density at radius 2 is 2.27 bits per heavy atom. The van der Waals surface area contributed by atoms with Gasteiger partial charge >= 0.3 is 0 Å². The summed E-state index contributed by atoms with van der Waals surface area (Å²) in [5.41, 5.74) is 8.30. The van der Waals surface area contributed by atoms with Gasteiger partial charge in [-0.1, -0.05) is 38.1 Å². The summed E-state index contributed by atoms with van der Waals surface area (Å²) in [6.07, 6.45) is 2.38. The van der Waals surface area contributed by atoms with Gasteiger partial charge in [0.05, 0.1) is 5.70 Å². The molecule has 0 aliphatic carbocycles. The van der Waals surface area contributed by atoms with Crippen LogP contribution >= 0.6 is 0 Å². The molecule has 0 N–H and O–H groups in total. The summed E-state index contributed by atoms with van der Waals surface area (Å²) in [5, 5.41) is 0. The third kappa shape index (κ3) is 1.71. The molecule has 0 spiro atoms. The Labute approximate surface area is 91.7 Å². The first-order chi connectivity index (χ1) is 7.26. The minimum Gasteiger partial charge on any atom is -0.363 e. The second kappa shape index (κ2) is 3.96. The Morgan fingerprint density at radius 3 is 2.93 bits per heavy atom. The van der Waals surface area contributed by atoms with E-state index in [0.717, 1.165) is 12.2 Å². The van der Waals surface area contributed by atoms with Crippen LogP contribution < -0.4 is 0 Å². The van der Waals surface area contributed by atoms with Gasteiger partial charge in [0.1, 0.15) is 0 Å². The zero-order valence-corrected chi connectivity index (χ0v) is 9.51. The molecule has 1 aliphatic heterocycles. The zero-order chi connectivity index (χ0) is 10.8. The van der Waals surface area contributed by atoms with E-state index in [1.54, 1.807) is 0 Å². The minimum atomic E-state index is 0.991. The van der Waals surface area contributed by atoms with Crippen LogP contribution in [0.15, 0.2) is 30.5 Å². The average molecular weight is 199 g/mol. The van der Waals surface area contributed by atoms with Gasteiger partial charge in [0.2, 0.25) is 0 Å². The Kier molecular flexibility index (Phi) is 2.66. The second-order valence-corrected chi connectivity index (χ2v) is 4.12. The standard InChI is InChI=1S/C14H17N/c1-4-6-11-7-8-13-12(9-11)10-15(3)14(13)5-2/h7-9H,2,4,6,10H2,1,3H3. The van der Waals surface area contributed by atoms with Crippen molar-refractivity contribution in [1.29, 1.82) is 0 Å². The summed E-state index contributed by atoms with van der Waals surface area (Å²) >= 11 is 0. The zero-order valence-electron chi connectivity index (χ0n) is 9.51. The highest BCUT2D eigenvalue weighted by Crippen LogP contribution is 2.31. The maximum atomic E-state index is 3.75. The summed E-state index contributed by atoms with van der Waals surface area (Å²) in [5.74, 6) is 0. The van der Waals surface area contributed by atoms with E-state index in [4.69, 9.17) is 0 Å². The van der Waals surface area contributed by atoms with Crippen molar-refractivity contribution in [3.05, 3.63) is 47.2 Å². The number of aryl methyl sites for hydroxylation is 1. The highest BCUT2D eigenvalue weighted by atomic mass is 15.1. The van der Waals surface area contributed by atoms with Crippen molar-refractivity contribution >= 4 is 5.70 Å². The topological polar surface area (TPSA) is 3.24 Å². The molecular weight excluding hydrogens is 182 g/mol. The summed E-state index contributed by atoms with van der Waals surface area (Å²) in [6.45, 7) is 6.95. The van der Waals surface area contributed by atoms with Crippen molar-refractivity contribution < 1.29 is 0 Å². The lowest BCUT2D eigenvalue weighted by Gasteiger charge is -2.09. The molecule has 1 heteroatoms. The molecule has 2 rings (SSSR count). The number of benzene rings is 1. The van der Waals surface area contributed by atoms with Crippen LogP contribution in [0.3, 0.4) is 0 Å². The van der Waals surface area contributed by atoms with E-state index in [0.29, 0.717) is 0 Å². The molecule has 0 bridgehead atoms. The molecule has 0 radical (unpaired) electrons. The van der Waals surface area contributed by atoms with Crippen LogP contribution in [-0.2, 0) is 13.0 Å². The lowest BCUT2D eigenvalue weighted by atomic mass is 10.0. The SMILES string of the molecule is C=C=C1c2ccc(CCC)cc2CN1C. The Hall–Kier alpha value is -1.46. The molecule has 15 heavy (non-hydrogen) atoms. The quantitative estimate of drug-likeness (QED) is 0.661. The molecule has 0 aromatic heterocycles. The van der Waals surface area contributed by atoms with E-state index in [2.05, 4.69) is 49.4 Å². The maximum absolute atomic E-state index is 3.75. The molecule has 1 aromatic carbocycles. The Morgan fingerprint density at radius 1 is 1.47 bits per heavy atom. The molecule has 0 amide bonds. The van der Waals surface area contributed by atoms with Crippen LogP contribution in [0.25, 0.3) is 5.70 Å². The molecule has 0 atom stereocenters. The molecule has 1 aliphatic rings. The first kappa shape index (κ1) is 10.1. The van der Waals surface area contributed by atoms with Gasteiger partial charge < -0.3 is 4.90 Å². The maximum Gasteiger partial charge on any atom is 0.0871 e. The van der Waals surface area contributed by atoms with Gasteiger partial charge in [-0.05, 0) is 17.5 Å². The lowest BCUT2D eigenvalue weighted by Crippen LogP contribution is -2.06. The van der Waals surface area contributed by atoms with Crippen molar-refractivity contribution in [2.75, 3.05) is 7.05 Å². The molecule has 78 valence electrons. The summed E-state index contributed by atoms with van der Waals surface area (Å²) in [4.78, 5) is 2.20. The summed E-state index contributed by atoms with van der Waals surface area (Å²) in [7, 11) is 2.09. The van der Waals surface area contributed by atoms with E-state index in [1.165, 1.54) is 29.5 Å². The lowest BCUT2D eigenvalue weighted by molar-refractivity contribution is 0.501. The number of nitrogens with zero attached hydrogens (tertiary/aromatic N) is 1. The van der Waals surface area contributed by atoms with E-state index in [9.17, 15) is 0 Å². The second-order valence-electron chi connectivity index (χ2n) is 4.12. The first-order valence-corrected chi connectivity index (χ1v) is 5.49. The molecular formula is C14H17N. The number of rotatable bonds is 2. The van der Waals surface area contributed by atoms with Gasteiger partial charge in [-0.2, -0.15) is 0 Å². The molecule has 1 heterocycles. The molecule has 0 saturated carbocycles. The minimum absolute atomic E-state index is 0.991. The van der Waals surface area contributed by atoms with Crippen LogP contribution in [0.2, 0.25) is 0 Å². The van der Waals surface area contributed by atoms with E-state index in [1.807, 2.05) is 0 Å². The summed E-state index contributed by atoms with van der Waals surface area (Å²) < 4.78 is 0. The molecule has 1 aromatic rings. The molecule has 0 unspecified atom stereocenters. The normalized spacial score (nSPS) is 14.0. The number of fused-ring (bicyclic) bond motifs is 1. The van der Waals surface area contributed by atoms with E-state index >= 15 is 0 Å². The van der Waals surface area contributed by atoms with E-state index < -0.39 is 0 Å². The van der Waals surface area contributed by atoms with Gasteiger partial charge in [-0.25, -0.2) is 0 Å². The molecule has 1 nitrogen and oxygen atoms in total. The number of hydrogen-bond acceptors (Lipinski definition) is 1. The average Bonchev–Trinajstić information content (AvgIpc) is 2.53. The van der Waals surface area contributed by atoms with Crippen LogP contribution in [0.4, 0.5) is 0 Å². The predicted octanol–water partition coefficient (Wildman–Crippen LogP) is 3.21. The van der Waals surface area contributed by atoms with Crippen LogP contribution in [-0.4, -0.2) is 11.9 Å². The monoisotopic (exact) mass is 199 g/mol. The van der Waals surface area contributed by atoms with Crippen molar-refractivity contribution in [3.63, 3.8) is 0 Å².